The van der Waals surface area contributed by atoms with Gasteiger partial charge in [0.25, 0.3) is 0 Å². The fraction of sp³-hybridized carbons (Fsp3) is 0.235. The maximum atomic E-state index is 10.8. The molecule has 0 aliphatic carbocycles. The summed E-state index contributed by atoms with van der Waals surface area (Å²) in [5.74, 6) is -0.0335. The minimum Gasteiger partial charge on any atom is -0.493 e. The molecule has 0 bridgehead atoms. The number of hydrogen-bond acceptors (Lipinski definition) is 3. The third-order valence-corrected chi connectivity index (χ3v) is 3.05. The second-order valence-corrected chi connectivity index (χ2v) is 4.69. The van der Waals surface area contributed by atoms with E-state index in [1.807, 2.05) is 24.3 Å². The Hall–Kier alpha value is -2.49. The van der Waals surface area contributed by atoms with Gasteiger partial charge in [0.1, 0.15) is 5.75 Å². The van der Waals surface area contributed by atoms with E-state index in [2.05, 4.69) is 12.2 Å². The summed E-state index contributed by atoms with van der Waals surface area (Å²) < 4.78 is 5.71. The Labute approximate surface area is 124 Å². The Morgan fingerprint density at radius 3 is 2.52 bits per heavy atom. The number of ether oxygens (including phenoxy) is 1. The van der Waals surface area contributed by atoms with E-state index >= 15 is 0 Å². The van der Waals surface area contributed by atoms with Crippen LogP contribution in [0.3, 0.4) is 0 Å². The summed E-state index contributed by atoms with van der Waals surface area (Å²) >= 11 is 0. The number of rotatable bonds is 7. The molecule has 0 amide bonds. The number of anilines is 1. The molecule has 0 unspecified atom stereocenters. The summed E-state index contributed by atoms with van der Waals surface area (Å²) in [4.78, 5) is 10.8. The van der Waals surface area contributed by atoms with Gasteiger partial charge in [0, 0.05) is 17.8 Å². The van der Waals surface area contributed by atoms with Gasteiger partial charge in [-0.1, -0.05) is 25.1 Å². The van der Waals surface area contributed by atoms with Gasteiger partial charge in [-0.15, -0.1) is 0 Å². The first-order valence-corrected chi connectivity index (χ1v) is 6.98. The molecule has 2 rings (SSSR count). The van der Waals surface area contributed by atoms with E-state index in [-0.39, 0.29) is 5.56 Å². The first kappa shape index (κ1) is 14.9. The lowest BCUT2D eigenvalue weighted by atomic mass is 10.1. The smallest absolute Gasteiger partial charge is 0.335 e. The van der Waals surface area contributed by atoms with Gasteiger partial charge in [0.15, 0.2) is 0 Å². The van der Waals surface area contributed by atoms with Crippen LogP contribution < -0.4 is 10.1 Å². The third-order valence-electron chi connectivity index (χ3n) is 3.05. The Balaban J connectivity index is 2.00. The molecule has 2 aromatic carbocycles. The lowest BCUT2D eigenvalue weighted by Gasteiger charge is -2.12. The minimum absolute atomic E-state index is 0.284. The van der Waals surface area contributed by atoms with Crippen molar-refractivity contribution in [3.8, 4) is 5.75 Å². The van der Waals surface area contributed by atoms with E-state index in [9.17, 15) is 4.79 Å². The maximum Gasteiger partial charge on any atom is 0.335 e. The second kappa shape index (κ2) is 7.33. The summed E-state index contributed by atoms with van der Waals surface area (Å²) in [6, 6.07) is 14.6. The summed E-state index contributed by atoms with van der Waals surface area (Å²) in [7, 11) is 0. The van der Waals surface area contributed by atoms with Gasteiger partial charge in [-0.3, -0.25) is 0 Å². The summed E-state index contributed by atoms with van der Waals surface area (Å²) in [6.07, 6.45) is 0.971. The van der Waals surface area contributed by atoms with Crippen LogP contribution >= 0.6 is 0 Å². The van der Waals surface area contributed by atoms with Crippen molar-refractivity contribution in [1.82, 2.24) is 0 Å². The zero-order valence-corrected chi connectivity index (χ0v) is 12.0. The molecule has 0 saturated carbocycles. The van der Waals surface area contributed by atoms with E-state index in [0.29, 0.717) is 13.2 Å². The van der Waals surface area contributed by atoms with Crippen molar-refractivity contribution >= 4 is 11.7 Å². The van der Waals surface area contributed by atoms with Crippen molar-refractivity contribution in [2.75, 3.05) is 11.9 Å². The van der Waals surface area contributed by atoms with Crippen molar-refractivity contribution < 1.29 is 14.6 Å². The molecule has 4 heteroatoms. The number of carboxylic acids is 1. The maximum absolute atomic E-state index is 10.8. The first-order valence-electron chi connectivity index (χ1n) is 6.98. The molecule has 2 N–H and O–H groups in total. The van der Waals surface area contributed by atoms with Crippen LogP contribution in [-0.4, -0.2) is 17.7 Å². The van der Waals surface area contributed by atoms with Crippen LogP contribution in [-0.2, 0) is 6.54 Å². The highest BCUT2D eigenvalue weighted by atomic mass is 16.5. The monoisotopic (exact) mass is 285 g/mol. The first-order chi connectivity index (χ1) is 10.2. The molecular formula is C17H19NO3. The van der Waals surface area contributed by atoms with E-state index in [4.69, 9.17) is 9.84 Å². The lowest BCUT2D eigenvalue weighted by Crippen LogP contribution is -2.04. The fourth-order valence-electron chi connectivity index (χ4n) is 1.93. The molecule has 0 atom stereocenters. The molecule has 2 aromatic rings. The highest BCUT2D eigenvalue weighted by Gasteiger charge is 2.04. The van der Waals surface area contributed by atoms with Gasteiger partial charge < -0.3 is 15.2 Å². The molecule has 0 radical (unpaired) electrons. The zero-order chi connectivity index (χ0) is 15.1. The second-order valence-electron chi connectivity index (χ2n) is 4.69. The Morgan fingerprint density at radius 1 is 1.14 bits per heavy atom. The molecule has 0 fully saturated rings. The van der Waals surface area contributed by atoms with Gasteiger partial charge in [-0.25, -0.2) is 4.79 Å². The molecule has 21 heavy (non-hydrogen) atoms. The molecule has 110 valence electrons. The minimum atomic E-state index is -0.917. The number of hydrogen-bond donors (Lipinski definition) is 2. The number of aromatic carboxylic acids is 1. The molecule has 0 heterocycles. The van der Waals surface area contributed by atoms with Crippen molar-refractivity contribution in [2.24, 2.45) is 0 Å². The Morgan fingerprint density at radius 2 is 1.86 bits per heavy atom. The SMILES string of the molecule is CCCOc1ccccc1CNc1ccc(C(=O)O)cc1. The number of para-hydroxylation sites is 1. The molecule has 0 aliphatic rings. The van der Waals surface area contributed by atoms with E-state index < -0.39 is 5.97 Å². The predicted molar refractivity (Wildman–Crippen MR) is 83.0 cm³/mol. The van der Waals surface area contributed by atoms with Crippen LogP contribution in [0.5, 0.6) is 5.75 Å². The number of carbonyl (C=O) groups is 1. The molecule has 0 spiro atoms. The summed E-state index contributed by atoms with van der Waals surface area (Å²) in [5, 5.41) is 12.1. The van der Waals surface area contributed by atoms with Gasteiger partial charge in [-0.05, 0) is 36.8 Å². The highest BCUT2D eigenvalue weighted by Crippen LogP contribution is 2.20. The number of nitrogens with one attached hydrogen (secondary N) is 1. The Bertz CT molecular complexity index is 593. The van der Waals surface area contributed by atoms with Crippen molar-refractivity contribution in [1.29, 1.82) is 0 Å². The predicted octanol–water partition coefficient (Wildman–Crippen LogP) is 3.79. The quantitative estimate of drug-likeness (QED) is 0.812. The zero-order valence-electron chi connectivity index (χ0n) is 12.0. The van der Waals surface area contributed by atoms with Gasteiger partial charge in [0.05, 0.1) is 12.2 Å². The van der Waals surface area contributed by atoms with Crippen LogP contribution in [0.4, 0.5) is 5.69 Å². The standard InChI is InChI=1S/C17H19NO3/c1-2-11-21-16-6-4-3-5-14(16)12-18-15-9-7-13(8-10-15)17(19)20/h3-10,18H,2,11-12H2,1H3,(H,19,20). The highest BCUT2D eigenvalue weighted by molar-refractivity contribution is 5.87. The van der Waals surface area contributed by atoms with E-state index in [1.54, 1.807) is 24.3 Å². The largest absolute Gasteiger partial charge is 0.493 e. The normalized spacial score (nSPS) is 10.1. The average Bonchev–Trinajstić information content (AvgIpc) is 2.52. The molecule has 0 aliphatic heterocycles. The number of benzene rings is 2. The van der Waals surface area contributed by atoms with Crippen LogP contribution in [0.2, 0.25) is 0 Å². The average molecular weight is 285 g/mol. The molecule has 0 saturated heterocycles. The number of carboxylic acid groups (broad SMARTS) is 1. The summed E-state index contributed by atoms with van der Waals surface area (Å²) in [5.41, 5.74) is 2.24. The summed E-state index contributed by atoms with van der Waals surface area (Å²) in [6.45, 7) is 3.40. The topological polar surface area (TPSA) is 58.6 Å². The lowest BCUT2D eigenvalue weighted by molar-refractivity contribution is 0.0697. The van der Waals surface area contributed by atoms with Crippen LogP contribution in [0.25, 0.3) is 0 Å². The fourth-order valence-corrected chi connectivity index (χ4v) is 1.93. The van der Waals surface area contributed by atoms with Gasteiger partial charge in [0.2, 0.25) is 0 Å². The van der Waals surface area contributed by atoms with Crippen molar-refractivity contribution in [3.63, 3.8) is 0 Å². The van der Waals surface area contributed by atoms with Crippen LogP contribution in [0, 0.1) is 0 Å². The van der Waals surface area contributed by atoms with E-state index in [1.165, 1.54) is 0 Å². The molecular weight excluding hydrogens is 266 g/mol. The van der Waals surface area contributed by atoms with Crippen molar-refractivity contribution in [3.05, 3.63) is 59.7 Å². The van der Waals surface area contributed by atoms with Gasteiger partial charge >= 0.3 is 5.97 Å². The molecule has 4 nitrogen and oxygen atoms in total. The van der Waals surface area contributed by atoms with Gasteiger partial charge in [-0.2, -0.15) is 0 Å². The molecule has 0 aromatic heterocycles. The van der Waals surface area contributed by atoms with Crippen LogP contribution in [0.15, 0.2) is 48.5 Å². The Kier molecular flexibility index (Phi) is 5.21. The third kappa shape index (κ3) is 4.24. The van der Waals surface area contributed by atoms with E-state index in [0.717, 1.165) is 23.4 Å². The van der Waals surface area contributed by atoms with Crippen LogP contribution in [0.1, 0.15) is 29.3 Å². The van der Waals surface area contributed by atoms with Crippen molar-refractivity contribution in [2.45, 2.75) is 19.9 Å².